The molecule has 0 bridgehead atoms. The Morgan fingerprint density at radius 3 is 2.83 bits per heavy atom. The van der Waals surface area contributed by atoms with Crippen LogP contribution in [0.4, 0.5) is 5.95 Å². The summed E-state index contributed by atoms with van der Waals surface area (Å²) >= 11 is 0. The van der Waals surface area contributed by atoms with Crippen LogP contribution >= 0.6 is 0 Å². The van der Waals surface area contributed by atoms with Crippen molar-refractivity contribution >= 4 is 11.9 Å². The maximum Gasteiger partial charge on any atom is 0.266 e. The van der Waals surface area contributed by atoms with Gasteiger partial charge in [0, 0.05) is 19.5 Å². The molecule has 4 N–H and O–H groups in total. The van der Waals surface area contributed by atoms with Gasteiger partial charge in [0.25, 0.3) is 5.95 Å². The maximum atomic E-state index is 10.7. The minimum atomic E-state index is -0.459. The minimum Gasteiger partial charge on any atom is -0.378 e. The molecule has 0 radical (unpaired) electrons. The first kappa shape index (κ1) is 12.8. The summed E-state index contributed by atoms with van der Waals surface area (Å²) in [5.41, 5.74) is 10.9. The lowest BCUT2D eigenvalue weighted by Crippen LogP contribution is -2.36. The van der Waals surface area contributed by atoms with Crippen LogP contribution in [0.2, 0.25) is 0 Å². The second kappa shape index (κ2) is 5.78. The topological polar surface area (TPSA) is 120 Å². The van der Waals surface area contributed by atoms with E-state index in [9.17, 15) is 4.79 Å². The molecule has 1 aromatic heterocycles. The molecule has 8 heteroatoms. The van der Waals surface area contributed by atoms with E-state index >= 15 is 0 Å². The van der Waals surface area contributed by atoms with E-state index in [1.54, 1.807) is 0 Å². The van der Waals surface area contributed by atoms with Crippen LogP contribution in [0.15, 0.2) is 4.52 Å². The van der Waals surface area contributed by atoms with Gasteiger partial charge in [0.2, 0.25) is 11.8 Å². The second-order valence-corrected chi connectivity index (χ2v) is 4.14. The normalized spacial score (nSPS) is 17.7. The van der Waals surface area contributed by atoms with Crippen LogP contribution in [0, 0.1) is 0 Å². The Kier molecular flexibility index (Phi) is 4.11. The molecule has 0 aliphatic carbocycles. The Bertz CT molecular complexity index is 402. The molecule has 1 saturated heterocycles. The molecule has 2 heterocycles. The van der Waals surface area contributed by atoms with Crippen LogP contribution in [0.3, 0.4) is 0 Å². The van der Waals surface area contributed by atoms with Crippen molar-refractivity contribution in [2.75, 3.05) is 31.2 Å². The van der Waals surface area contributed by atoms with Crippen molar-refractivity contribution in [3.8, 4) is 0 Å². The van der Waals surface area contributed by atoms with Gasteiger partial charge in [0.05, 0.1) is 19.3 Å². The zero-order chi connectivity index (χ0) is 13.0. The van der Waals surface area contributed by atoms with Crippen molar-refractivity contribution < 1.29 is 14.1 Å². The van der Waals surface area contributed by atoms with E-state index in [0.29, 0.717) is 31.5 Å². The van der Waals surface area contributed by atoms with Gasteiger partial charge < -0.3 is 25.6 Å². The number of hydrogen-bond acceptors (Lipinski definition) is 7. The molecule has 100 valence electrons. The van der Waals surface area contributed by atoms with E-state index < -0.39 is 11.9 Å². The lowest BCUT2D eigenvalue weighted by molar-refractivity contribution is -0.118. The van der Waals surface area contributed by atoms with Gasteiger partial charge in [-0.2, -0.15) is 4.98 Å². The van der Waals surface area contributed by atoms with Crippen LogP contribution in [-0.4, -0.2) is 42.4 Å². The summed E-state index contributed by atoms with van der Waals surface area (Å²) in [6.45, 7) is 2.76. The van der Waals surface area contributed by atoms with E-state index in [1.165, 1.54) is 0 Å². The van der Waals surface area contributed by atoms with Gasteiger partial charge in [-0.15, -0.1) is 0 Å². The zero-order valence-electron chi connectivity index (χ0n) is 10.0. The number of nitrogens with two attached hydrogens (primary N) is 2. The number of amides is 1. The van der Waals surface area contributed by atoms with Crippen LogP contribution in [0.5, 0.6) is 0 Å². The average Bonchev–Trinajstić information content (AvgIpc) is 2.86. The first-order chi connectivity index (χ1) is 8.66. The molecule has 1 atom stereocenters. The molecule has 1 fully saturated rings. The van der Waals surface area contributed by atoms with Crippen LogP contribution in [0.1, 0.15) is 24.8 Å². The number of carbonyl (C=O) groups excluding carboxylic acids is 1. The van der Waals surface area contributed by atoms with Gasteiger partial charge in [-0.3, -0.25) is 4.79 Å². The molecule has 8 nitrogen and oxygen atoms in total. The summed E-state index contributed by atoms with van der Waals surface area (Å²) in [6.07, 6.45) is 0.608. The lowest BCUT2D eigenvalue weighted by atomic mass is 10.1. The van der Waals surface area contributed by atoms with E-state index in [2.05, 4.69) is 10.1 Å². The van der Waals surface area contributed by atoms with E-state index in [4.69, 9.17) is 20.7 Å². The van der Waals surface area contributed by atoms with Crippen LogP contribution in [-0.2, 0) is 9.53 Å². The number of primary amides is 1. The number of carbonyl (C=O) groups is 1. The van der Waals surface area contributed by atoms with Gasteiger partial charge in [-0.25, -0.2) is 0 Å². The molecule has 1 aromatic rings. The molecule has 1 aliphatic rings. The maximum absolute atomic E-state index is 10.7. The summed E-state index contributed by atoms with van der Waals surface area (Å²) in [5.74, 6) is 0.457. The number of hydrogen-bond donors (Lipinski definition) is 2. The summed E-state index contributed by atoms with van der Waals surface area (Å²) in [4.78, 5) is 16.9. The third-order valence-electron chi connectivity index (χ3n) is 2.74. The fourth-order valence-electron chi connectivity index (χ4n) is 1.69. The Labute approximate surface area is 104 Å². The summed E-state index contributed by atoms with van der Waals surface area (Å²) in [7, 11) is 0. The highest BCUT2D eigenvalue weighted by Gasteiger charge is 2.20. The van der Waals surface area contributed by atoms with Crippen LogP contribution < -0.4 is 16.4 Å². The molecule has 1 aliphatic heterocycles. The highest BCUT2D eigenvalue weighted by atomic mass is 16.5. The third-order valence-corrected chi connectivity index (χ3v) is 2.74. The molecule has 1 amide bonds. The van der Waals surface area contributed by atoms with Gasteiger partial charge in [0.1, 0.15) is 0 Å². The number of nitrogens with zero attached hydrogens (tertiary/aromatic N) is 3. The van der Waals surface area contributed by atoms with Gasteiger partial charge in [0.15, 0.2) is 0 Å². The van der Waals surface area contributed by atoms with Crippen molar-refractivity contribution in [1.82, 2.24) is 10.1 Å². The van der Waals surface area contributed by atoms with Crippen molar-refractivity contribution in [1.29, 1.82) is 0 Å². The molecular formula is C10H17N5O3. The Morgan fingerprint density at radius 2 is 2.17 bits per heavy atom. The van der Waals surface area contributed by atoms with Gasteiger partial charge in [-0.1, -0.05) is 0 Å². The molecule has 0 aromatic carbocycles. The smallest absolute Gasteiger partial charge is 0.266 e. The molecule has 0 saturated carbocycles. The predicted molar refractivity (Wildman–Crippen MR) is 62.7 cm³/mol. The highest BCUT2D eigenvalue weighted by Crippen LogP contribution is 2.17. The number of aromatic nitrogens is 2. The molecular weight excluding hydrogens is 238 g/mol. The fourth-order valence-corrected chi connectivity index (χ4v) is 1.69. The first-order valence-corrected chi connectivity index (χ1v) is 5.87. The number of morpholine rings is 1. The summed E-state index contributed by atoms with van der Waals surface area (Å²) in [6, 6.07) is -0.459. The predicted octanol–water partition coefficient (Wildman–Crippen LogP) is -0.828. The van der Waals surface area contributed by atoms with Crippen molar-refractivity contribution in [3.63, 3.8) is 0 Å². The number of ether oxygens (including phenoxy) is 1. The van der Waals surface area contributed by atoms with Crippen LogP contribution in [0.25, 0.3) is 0 Å². The van der Waals surface area contributed by atoms with E-state index in [0.717, 1.165) is 13.1 Å². The van der Waals surface area contributed by atoms with Crippen molar-refractivity contribution in [2.24, 2.45) is 11.5 Å². The molecule has 18 heavy (non-hydrogen) atoms. The Balaban J connectivity index is 1.94. The minimum absolute atomic E-state index is 0.205. The first-order valence-electron chi connectivity index (χ1n) is 5.87. The van der Waals surface area contributed by atoms with Crippen molar-refractivity contribution in [2.45, 2.75) is 18.9 Å². The third kappa shape index (κ3) is 3.17. The monoisotopic (exact) mass is 255 g/mol. The standard InChI is InChI=1S/C10H17N5O3/c11-7(1-2-8(12)16)9-13-10(14-18-9)15-3-5-17-6-4-15/h7H,1-6,11H2,(H2,12,16)/t7-/m1/s1. The molecule has 0 unspecified atom stereocenters. The van der Waals surface area contributed by atoms with E-state index in [-0.39, 0.29) is 6.42 Å². The number of anilines is 1. The Hall–Kier alpha value is -1.67. The highest BCUT2D eigenvalue weighted by molar-refractivity contribution is 5.73. The van der Waals surface area contributed by atoms with Gasteiger partial charge in [-0.05, 0) is 11.6 Å². The van der Waals surface area contributed by atoms with E-state index in [1.807, 2.05) is 4.90 Å². The lowest BCUT2D eigenvalue weighted by Gasteiger charge is -2.24. The largest absolute Gasteiger partial charge is 0.378 e. The summed E-state index contributed by atoms with van der Waals surface area (Å²) < 4.78 is 10.3. The summed E-state index contributed by atoms with van der Waals surface area (Å²) in [5, 5.41) is 3.88. The molecule has 2 rings (SSSR count). The molecule has 0 spiro atoms. The number of rotatable bonds is 5. The zero-order valence-corrected chi connectivity index (χ0v) is 10.0. The average molecular weight is 255 g/mol. The second-order valence-electron chi connectivity index (χ2n) is 4.14. The quantitative estimate of drug-likeness (QED) is 0.704. The van der Waals surface area contributed by atoms with Crippen molar-refractivity contribution in [3.05, 3.63) is 5.89 Å². The Morgan fingerprint density at radius 1 is 1.44 bits per heavy atom. The fraction of sp³-hybridized carbons (Fsp3) is 0.700. The SMILES string of the molecule is NC(=O)CC[C@@H](N)c1nc(N2CCOCC2)no1. The van der Waals surface area contributed by atoms with Gasteiger partial charge >= 0.3 is 0 Å².